The highest BCUT2D eigenvalue weighted by molar-refractivity contribution is 6.33. The maximum absolute atomic E-state index is 12.6. The van der Waals surface area contributed by atoms with Crippen LogP contribution in [-0.4, -0.2) is 29.9 Å². The third-order valence-electron chi connectivity index (χ3n) is 3.11. The zero-order valence-electron chi connectivity index (χ0n) is 14.1. The number of aromatic nitrogens is 1. The number of nitrogens with one attached hydrogen (secondary N) is 2. The topological polar surface area (TPSA) is 102 Å². The Morgan fingerprint density at radius 2 is 1.93 bits per heavy atom. The maximum atomic E-state index is 12.6. The van der Waals surface area contributed by atoms with Gasteiger partial charge < -0.3 is 15.8 Å². The van der Waals surface area contributed by atoms with Crippen LogP contribution in [0.15, 0.2) is 41.6 Å². The number of amidine groups is 1. The molecule has 0 unspecified atom stereocenters. The van der Waals surface area contributed by atoms with Crippen molar-refractivity contribution in [3.05, 3.63) is 52.1 Å². The lowest BCUT2D eigenvalue weighted by Crippen LogP contribution is -2.31. The minimum Gasteiger partial charge on any atom is -0.486 e. The summed E-state index contributed by atoms with van der Waals surface area (Å²) in [5.41, 5.74) is 6.78. The maximum Gasteiger partial charge on any atom is 0.417 e. The summed E-state index contributed by atoms with van der Waals surface area (Å²) in [5.74, 6) is -0.187. The van der Waals surface area contributed by atoms with Gasteiger partial charge in [-0.1, -0.05) is 23.2 Å². The third kappa shape index (κ3) is 6.78. The van der Waals surface area contributed by atoms with Gasteiger partial charge in [-0.25, -0.2) is 10.4 Å². The molecule has 2 rings (SSSR count). The van der Waals surface area contributed by atoms with E-state index in [2.05, 4.69) is 20.8 Å². The van der Waals surface area contributed by atoms with Crippen LogP contribution in [0, 0.1) is 0 Å². The number of carbonyl (C=O) groups is 1. The number of hydrogen-bond acceptors (Lipinski definition) is 5. The molecule has 0 aliphatic carbocycles. The number of hydrogen-bond donors (Lipinski definition) is 3. The van der Waals surface area contributed by atoms with E-state index >= 15 is 0 Å². The van der Waals surface area contributed by atoms with E-state index in [0.29, 0.717) is 23.0 Å². The van der Waals surface area contributed by atoms with E-state index in [1.807, 2.05) is 0 Å². The highest BCUT2D eigenvalue weighted by atomic mass is 35.5. The first-order valence-corrected chi connectivity index (χ1v) is 8.36. The quantitative estimate of drug-likeness (QED) is 0.351. The number of nitrogens with two attached hydrogens (primary N) is 1. The van der Waals surface area contributed by atoms with Crippen molar-refractivity contribution in [3.8, 4) is 5.75 Å². The van der Waals surface area contributed by atoms with Crippen molar-refractivity contribution in [1.29, 1.82) is 0 Å². The third-order valence-corrected chi connectivity index (χ3v) is 3.65. The fourth-order valence-electron chi connectivity index (χ4n) is 1.78. The Hall–Kier alpha value is -2.72. The first kappa shape index (κ1) is 21.6. The van der Waals surface area contributed by atoms with Crippen LogP contribution in [0.3, 0.4) is 0 Å². The van der Waals surface area contributed by atoms with Gasteiger partial charge in [-0.3, -0.25) is 4.79 Å². The number of anilines is 1. The average molecular weight is 436 g/mol. The molecule has 0 spiro atoms. The van der Waals surface area contributed by atoms with E-state index in [4.69, 9.17) is 33.7 Å². The molecule has 0 radical (unpaired) electrons. The average Bonchev–Trinajstić information content (AvgIpc) is 2.64. The number of benzene rings is 1. The highest BCUT2D eigenvalue weighted by Gasteiger charge is 2.31. The minimum atomic E-state index is -4.56. The van der Waals surface area contributed by atoms with Crippen molar-refractivity contribution in [2.75, 3.05) is 18.5 Å². The number of amides is 1. The Bertz CT molecular complexity index is 860. The van der Waals surface area contributed by atoms with Gasteiger partial charge in [0.25, 0.3) is 5.91 Å². The molecule has 1 aromatic heterocycles. The summed E-state index contributed by atoms with van der Waals surface area (Å²) >= 11 is 11.5. The number of pyridine rings is 1. The molecule has 0 aliphatic rings. The lowest BCUT2D eigenvalue weighted by atomic mass is 10.3. The van der Waals surface area contributed by atoms with Gasteiger partial charge >= 0.3 is 6.18 Å². The van der Waals surface area contributed by atoms with Crippen LogP contribution in [0.5, 0.6) is 5.75 Å². The Kier molecular flexibility index (Phi) is 7.30. The molecule has 28 heavy (non-hydrogen) atoms. The number of nitrogens with zero attached hydrogens (tertiary/aromatic N) is 2. The first-order valence-electron chi connectivity index (χ1n) is 7.61. The zero-order chi connectivity index (χ0) is 20.7. The summed E-state index contributed by atoms with van der Waals surface area (Å²) in [5, 5.41) is 6.42. The van der Waals surface area contributed by atoms with Crippen LogP contribution < -0.4 is 21.2 Å². The predicted octanol–water partition coefficient (Wildman–Crippen LogP) is 3.29. The zero-order valence-corrected chi connectivity index (χ0v) is 15.6. The van der Waals surface area contributed by atoms with Crippen molar-refractivity contribution in [2.45, 2.75) is 6.18 Å². The van der Waals surface area contributed by atoms with Crippen LogP contribution in [0.1, 0.15) is 5.56 Å². The fourth-order valence-corrected chi connectivity index (χ4v) is 2.14. The van der Waals surface area contributed by atoms with E-state index in [-0.39, 0.29) is 29.8 Å². The van der Waals surface area contributed by atoms with Crippen molar-refractivity contribution < 1.29 is 22.7 Å². The summed E-state index contributed by atoms with van der Waals surface area (Å²) in [6, 6.07) is 7.26. The van der Waals surface area contributed by atoms with Crippen molar-refractivity contribution in [1.82, 2.24) is 10.4 Å². The van der Waals surface area contributed by atoms with Crippen LogP contribution in [0.25, 0.3) is 0 Å². The van der Waals surface area contributed by atoms with Gasteiger partial charge in [-0.2, -0.15) is 18.3 Å². The lowest BCUT2D eigenvalue weighted by molar-refractivity contribution is -0.137. The molecule has 0 saturated heterocycles. The molecule has 1 aromatic carbocycles. The SMILES string of the molecule is N/C(COc1ccc(Cl)cc1)=N/NC(=O)CNc1ncc(C(F)(F)F)cc1Cl. The standard InChI is InChI=1S/C16H14Cl2F3N5O2/c17-10-1-3-11(4-2-10)28-8-13(22)25-26-14(27)7-24-15-12(18)5-9(6-23-15)16(19,20)21/h1-6H,7-8H2,(H2,22,25)(H,23,24)(H,26,27). The molecule has 2 aromatic rings. The second kappa shape index (κ2) is 9.47. The highest BCUT2D eigenvalue weighted by Crippen LogP contribution is 2.32. The molecule has 7 nitrogen and oxygen atoms in total. The molecule has 0 atom stereocenters. The number of alkyl halides is 3. The molecule has 0 aliphatic heterocycles. The molecule has 0 fully saturated rings. The van der Waals surface area contributed by atoms with E-state index in [1.54, 1.807) is 24.3 Å². The second-order valence-electron chi connectivity index (χ2n) is 5.29. The summed E-state index contributed by atoms with van der Waals surface area (Å²) < 4.78 is 43.0. The molecule has 1 heterocycles. The van der Waals surface area contributed by atoms with E-state index < -0.39 is 17.6 Å². The van der Waals surface area contributed by atoms with Gasteiger partial charge in [-0.15, -0.1) is 0 Å². The van der Waals surface area contributed by atoms with Gasteiger partial charge in [-0.05, 0) is 30.3 Å². The Balaban J connectivity index is 1.80. The van der Waals surface area contributed by atoms with E-state index in [0.717, 1.165) is 0 Å². The Morgan fingerprint density at radius 1 is 1.25 bits per heavy atom. The summed E-state index contributed by atoms with van der Waals surface area (Å²) in [7, 11) is 0. The second-order valence-corrected chi connectivity index (χ2v) is 6.13. The smallest absolute Gasteiger partial charge is 0.417 e. The van der Waals surface area contributed by atoms with Crippen LogP contribution >= 0.6 is 23.2 Å². The molecule has 150 valence electrons. The van der Waals surface area contributed by atoms with Crippen molar-refractivity contribution in [2.24, 2.45) is 10.8 Å². The van der Waals surface area contributed by atoms with Gasteiger partial charge in [0.2, 0.25) is 0 Å². The predicted molar refractivity (Wildman–Crippen MR) is 99.5 cm³/mol. The largest absolute Gasteiger partial charge is 0.486 e. The molecular formula is C16H14Cl2F3N5O2. The van der Waals surface area contributed by atoms with Gasteiger partial charge in [0.05, 0.1) is 17.1 Å². The monoisotopic (exact) mass is 435 g/mol. The molecule has 1 amide bonds. The fraction of sp³-hybridized carbons (Fsp3) is 0.188. The normalized spacial score (nSPS) is 11.8. The molecule has 0 saturated carbocycles. The van der Waals surface area contributed by atoms with Crippen molar-refractivity contribution in [3.63, 3.8) is 0 Å². The molecular weight excluding hydrogens is 422 g/mol. The van der Waals surface area contributed by atoms with Crippen molar-refractivity contribution >= 4 is 40.8 Å². The van der Waals surface area contributed by atoms with Gasteiger partial charge in [0, 0.05) is 11.2 Å². The van der Waals surface area contributed by atoms with E-state index in [9.17, 15) is 18.0 Å². The van der Waals surface area contributed by atoms with E-state index in [1.165, 1.54) is 0 Å². The Labute approximate surface area is 167 Å². The molecule has 12 heteroatoms. The number of hydrazone groups is 1. The first-order chi connectivity index (χ1) is 13.1. The lowest BCUT2D eigenvalue weighted by Gasteiger charge is -2.10. The van der Waals surface area contributed by atoms with Gasteiger partial charge in [0.1, 0.15) is 18.2 Å². The molecule has 0 bridgehead atoms. The van der Waals surface area contributed by atoms with Crippen LogP contribution in [0.2, 0.25) is 10.0 Å². The number of ether oxygens (including phenoxy) is 1. The van der Waals surface area contributed by atoms with Crippen LogP contribution in [-0.2, 0) is 11.0 Å². The summed E-state index contributed by atoms with van der Waals surface area (Å²) in [6.45, 7) is -0.422. The molecule has 4 N–H and O–H groups in total. The number of rotatable bonds is 7. The summed E-state index contributed by atoms with van der Waals surface area (Å²) in [6.07, 6.45) is -3.96. The number of carbonyl (C=O) groups excluding carboxylic acids is 1. The van der Waals surface area contributed by atoms with Gasteiger partial charge in [0.15, 0.2) is 5.84 Å². The Morgan fingerprint density at radius 3 is 2.54 bits per heavy atom. The number of halogens is 5. The minimum absolute atomic E-state index is 0.00557. The van der Waals surface area contributed by atoms with Crippen LogP contribution in [0.4, 0.5) is 19.0 Å². The summed E-state index contributed by atoms with van der Waals surface area (Å²) in [4.78, 5) is 15.3.